The second-order valence-corrected chi connectivity index (χ2v) is 4.03. The van der Waals surface area contributed by atoms with Crippen molar-refractivity contribution < 1.29 is 9.53 Å². The first-order valence-electron chi connectivity index (χ1n) is 5.07. The van der Waals surface area contributed by atoms with Crippen molar-refractivity contribution >= 4 is 5.97 Å². The molecule has 13 heavy (non-hydrogen) atoms. The van der Waals surface area contributed by atoms with E-state index in [9.17, 15) is 4.79 Å². The van der Waals surface area contributed by atoms with E-state index in [-0.39, 0.29) is 12.1 Å². The Balaban J connectivity index is 2.38. The van der Waals surface area contributed by atoms with Crippen LogP contribution in [0.3, 0.4) is 0 Å². The normalized spacial score (nSPS) is 31.0. The van der Waals surface area contributed by atoms with E-state index < -0.39 is 6.04 Å². The molecule has 0 aliphatic heterocycles. The lowest BCUT2D eigenvalue weighted by Gasteiger charge is -2.28. The monoisotopic (exact) mass is 185 g/mol. The van der Waals surface area contributed by atoms with Crippen LogP contribution in [0, 0.1) is 5.92 Å². The molecule has 0 amide bonds. The van der Waals surface area contributed by atoms with E-state index in [2.05, 4.69) is 6.92 Å². The van der Waals surface area contributed by atoms with Gasteiger partial charge < -0.3 is 10.5 Å². The zero-order valence-corrected chi connectivity index (χ0v) is 8.45. The van der Waals surface area contributed by atoms with Gasteiger partial charge in [-0.2, -0.15) is 0 Å². The molecule has 0 bridgehead atoms. The molecule has 0 radical (unpaired) electrons. The number of hydrogen-bond acceptors (Lipinski definition) is 3. The molecule has 3 atom stereocenters. The van der Waals surface area contributed by atoms with Crippen LogP contribution in [-0.2, 0) is 9.53 Å². The SMILES string of the molecule is CC1CCCCC1OC(=O)[C@@H](C)N. The van der Waals surface area contributed by atoms with Crippen LogP contribution in [0.25, 0.3) is 0 Å². The Morgan fingerprint density at radius 3 is 2.62 bits per heavy atom. The minimum Gasteiger partial charge on any atom is -0.461 e. The van der Waals surface area contributed by atoms with Gasteiger partial charge >= 0.3 is 5.97 Å². The summed E-state index contributed by atoms with van der Waals surface area (Å²) in [6, 6.07) is -0.492. The van der Waals surface area contributed by atoms with Crippen LogP contribution in [0.2, 0.25) is 0 Å². The van der Waals surface area contributed by atoms with Crippen LogP contribution in [0.4, 0.5) is 0 Å². The molecule has 0 aromatic rings. The molecule has 1 aliphatic carbocycles. The summed E-state index contributed by atoms with van der Waals surface area (Å²) in [6.45, 7) is 3.80. The Kier molecular flexibility index (Phi) is 3.72. The largest absolute Gasteiger partial charge is 0.461 e. The van der Waals surface area contributed by atoms with Gasteiger partial charge in [0, 0.05) is 0 Å². The van der Waals surface area contributed by atoms with E-state index in [0.29, 0.717) is 5.92 Å². The van der Waals surface area contributed by atoms with E-state index in [1.165, 1.54) is 12.8 Å². The second-order valence-electron chi connectivity index (χ2n) is 4.03. The summed E-state index contributed by atoms with van der Waals surface area (Å²) in [6.07, 6.45) is 4.69. The highest BCUT2D eigenvalue weighted by molar-refractivity contribution is 5.75. The van der Waals surface area contributed by atoms with Crippen LogP contribution >= 0.6 is 0 Å². The Bertz CT molecular complexity index is 180. The summed E-state index contributed by atoms with van der Waals surface area (Å²) >= 11 is 0. The third kappa shape index (κ3) is 2.99. The minimum absolute atomic E-state index is 0.104. The first-order chi connectivity index (χ1) is 6.11. The van der Waals surface area contributed by atoms with E-state index in [1.807, 2.05) is 0 Å². The van der Waals surface area contributed by atoms with Gasteiger partial charge in [0.25, 0.3) is 0 Å². The van der Waals surface area contributed by atoms with Gasteiger partial charge in [-0.15, -0.1) is 0 Å². The number of rotatable bonds is 2. The van der Waals surface area contributed by atoms with Crippen molar-refractivity contribution in [1.82, 2.24) is 0 Å². The average Bonchev–Trinajstić information content (AvgIpc) is 2.08. The van der Waals surface area contributed by atoms with Gasteiger partial charge in [0.2, 0.25) is 0 Å². The van der Waals surface area contributed by atoms with Crippen LogP contribution in [-0.4, -0.2) is 18.1 Å². The molecule has 0 spiro atoms. The molecule has 3 heteroatoms. The van der Waals surface area contributed by atoms with Gasteiger partial charge in [-0.1, -0.05) is 13.3 Å². The molecule has 0 aromatic heterocycles. The lowest BCUT2D eigenvalue weighted by molar-refractivity contribution is -0.154. The number of nitrogens with two attached hydrogens (primary N) is 1. The number of carbonyl (C=O) groups is 1. The number of ether oxygens (including phenoxy) is 1. The van der Waals surface area contributed by atoms with Crippen molar-refractivity contribution in [3.63, 3.8) is 0 Å². The van der Waals surface area contributed by atoms with Gasteiger partial charge in [-0.25, -0.2) is 0 Å². The fourth-order valence-electron chi connectivity index (χ4n) is 1.71. The van der Waals surface area contributed by atoms with Crippen molar-refractivity contribution in [3.05, 3.63) is 0 Å². The van der Waals surface area contributed by atoms with Crippen molar-refractivity contribution in [2.75, 3.05) is 0 Å². The lowest BCUT2D eigenvalue weighted by atomic mass is 9.88. The average molecular weight is 185 g/mol. The molecule has 0 heterocycles. The predicted octanol–water partition coefficient (Wildman–Crippen LogP) is 1.46. The van der Waals surface area contributed by atoms with Gasteiger partial charge in [0.15, 0.2) is 0 Å². The molecule has 0 aromatic carbocycles. The summed E-state index contributed by atoms with van der Waals surface area (Å²) in [5.41, 5.74) is 5.42. The van der Waals surface area contributed by atoms with Crippen LogP contribution in [0.15, 0.2) is 0 Å². The van der Waals surface area contributed by atoms with Gasteiger partial charge in [-0.3, -0.25) is 4.79 Å². The topological polar surface area (TPSA) is 52.3 Å². The molecular weight excluding hydrogens is 166 g/mol. The zero-order valence-electron chi connectivity index (χ0n) is 8.45. The van der Waals surface area contributed by atoms with Crippen molar-refractivity contribution in [1.29, 1.82) is 0 Å². The molecule has 2 N–H and O–H groups in total. The standard InChI is InChI=1S/C10H19NO2/c1-7-5-3-4-6-9(7)13-10(12)8(2)11/h7-9H,3-6,11H2,1-2H3/t7?,8-,9?/m1/s1. The third-order valence-electron chi connectivity index (χ3n) is 2.67. The van der Waals surface area contributed by atoms with Gasteiger partial charge in [0.1, 0.15) is 12.1 Å². The molecule has 3 nitrogen and oxygen atoms in total. The van der Waals surface area contributed by atoms with Gasteiger partial charge in [0.05, 0.1) is 0 Å². The molecule has 1 aliphatic rings. The number of esters is 1. The minimum atomic E-state index is -0.492. The maximum atomic E-state index is 11.2. The highest BCUT2D eigenvalue weighted by Gasteiger charge is 2.25. The molecule has 0 saturated heterocycles. The Labute approximate surface area is 79.6 Å². The fourth-order valence-corrected chi connectivity index (χ4v) is 1.71. The Morgan fingerprint density at radius 2 is 2.08 bits per heavy atom. The summed E-state index contributed by atoms with van der Waals surface area (Å²) in [5.74, 6) is 0.232. The van der Waals surface area contributed by atoms with Crippen molar-refractivity contribution in [2.45, 2.75) is 51.7 Å². The maximum absolute atomic E-state index is 11.2. The summed E-state index contributed by atoms with van der Waals surface area (Å²) < 4.78 is 5.30. The van der Waals surface area contributed by atoms with E-state index in [4.69, 9.17) is 10.5 Å². The number of carbonyl (C=O) groups excluding carboxylic acids is 1. The number of hydrogen-bond donors (Lipinski definition) is 1. The molecule has 1 saturated carbocycles. The van der Waals surface area contributed by atoms with Crippen LogP contribution in [0.1, 0.15) is 39.5 Å². The zero-order chi connectivity index (χ0) is 9.84. The van der Waals surface area contributed by atoms with Crippen molar-refractivity contribution in [2.24, 2.45) is 11.7 Å². The molecule has 76 valence electrons. The second kappa shape index (κ2) is 4.61. The Morgan fingerprint density at radius 1 is 1.46 bits per heavy atom. The first-order valence-corrected chi connectivity index (χ1v) is 5.07. The summed E-state index contributed by atoms with van der Waals surface area (Å²) in [5, 5.41) is 0. The molecule has 1 fully saturated rings. The molecule has 1 rings (SSSR count). The molecular formula is C10H19NO2. The maximum Gasteiger partial charge on any atom is 0.322 e. The summed E-state index contributed by atoms with van der Waals surface area (Å²) in [4.78, 5) is 11.2. The van der Waals surface area contributed by atoms with Gasteiger partial charge in [-0.05, 0) is 32.1 Å². The van der Waals surface area contributed by atoms with Crippen LogP contribution < -0.4 is 5.73 Å². The molecule has 2 unspecified atom stereocenters. The predicted molar refractivity (Wildman–Crippen MR) is 51.2 cm³/mol. The smallest absolute Gasteiger partial charge is 0.322 e. The van der Waals surface area contributed by atoms with Crippen LogP contribution in [0.5, 0.6) is 0 Å². The Hall–Kier alpha value is -0.570. The highest BCUT2D eigenvalue weighted by Crippen LogP contribution is 2.26. The first kappa shape index (κ1) is 10.5. The quantitative estimate of drug-likeness (QED) is 0.662. The van der Waals surface area contributed by atoms with Crippen molar-refractivity contribution in [3.8, 4) is 0 Å². The highest BCUT2D eigenvalue weighted by atomic mass is 16.5. The van der Waals surface area contributed by atoms with E-state index in [1.54, 1.807) is 6.92 Å². The van der Waals surface area contributed by atoms with E-state index in [0.717, 1.165) is 12.8 Å². The lowest BCUT2D eigenvalue weighted by Crippen LogP contribution is -2.35. The fraction of sp³-hybridized carbons (Fsp3) is 0.900. The third-order valence-corrected chi connectivity index (χ3v) is 2.67. The summed E-state index contributed by atoms with van der Waals surface area (Å²) in [7, 11) is 0. The van der Waals surface area contributed by atoms with E-state index >= 15 is 0 Å².